The molecule has 1 aliphatic rings. The Bertz CT molecular complexity index is 1760. The normalized spacial score (nSPS) is 15.9. The largest absolute Gasteiger partial charge is 0.444 e. The van der Waals surface area contributed by atoms with E-state index in [1.807, 2.05) is 25.3 Å². The summed E-state index contributed by atoms with van der Waals surface area (Å²) in [5.41, 5.74) is 8.58. The summed E-state index contributed by atoms with van der Waals surface area (Å²) in [6.45, 7) is 21.7. The third-order valence-corrected chi connectivity index (χ3v) is 9.77. The Hall–Kier alpha value is -3.84. The maximum atomic E-state index is 13.6. The van der Waals surface area contributed by atoms with E-state index in [1.165, 1.54) is 11.3 Å². The van der Waals surface area contributed by atoms with Crippen molar-refractivity contribution in [3.05, 3.63) is 58.2 Å². The quantitative estimate of drug-likeness (QED) is 0.122. The number of hydrogen-bond acceptors (Lipinski definition) is 9. The lowest BCUT2D eigenvalue weighted by molar-refractivity contribution is -0.137. The number of hydrogen-bond donors (Lipinski definition) is 3. The first-order chi connectivity index (χ1) is 24.2. The number of aliphatic hydroxyl groups is 1. The number of carbonyl (C=O) groups is 2. The summed E-state index contributed by atoms with van der Waals surface area (Å²) in [6, 6.07) is 5.50. The number of benzene rings is 1. The average molecular weight is 721 g/mol. The van der Waals surface area contributed by atoms with Crippen molar-refractivity contribution >= 4 is 46.0 Å². The van der Waals surface area contributed by atoms with Gasteiger partial charge in [0, 0.05) is 73.4 Å². The van der Waals surface area contributed by atoms with Crippen molar-refractivity contribution in [3.63, 3.8) is 0 Å². The summed E-state index contributed by atoms with van der Waals surface area (Å²) in [7, 11) is 1.67. The molecule has 12 heteroatoms. The molecule has 0 radical (unpaired) electrons. The number of ether oxygens (including phenoxy) is 2. The lowest BCUT2D eigenvalue weighted by Gasteiger charge is -2.31. The lowest BCUT2D eigenvalue weighted by atomic mass is 9.84. The number of fused-ring (bicyclic) bond motifs is 1. The minimum absolute atomic E-state index is 0.0200. The molecule has 1 fully saturated rings. The van der Waals surface area contributed by atoms with Gasteiger partial charge in [0.25, 0.3) is 5.91 Å². The van der Waals surface area contributed by atoms with Crippen molar-refractivity contribution in [2.24, 2.45) is 10.4 Å². The first kappa shape index (κ1) is 39.9. The lowest BCUT2D eigenvalue weighted by Crippen LogP contribution is -2.56. The van der Waals surface area contributed by atoms with Crippen molar-refractivity contribution < 1.29 is 24.2 Å². The van der Waals surface area contributed by atoms with Crippen LogP contribution in [0, 0.1) is 5.41 Å². The number of methoxy groups -OCH3 is 1. The molecule has 1 aromatic carbocycles. The number of hydrazine groups is 1. The van der Waals surface area contributed by atoms with Gasteiger partial charge in [0.1, 0.15) is 11.6 Å². The van der Waals surface area contributed by atoms with Crippen LogP contribution in [0.5, 0.6) is 0 Å². The molecule has 278 valence electrons. The summed E-state index contributed by atoms with van der Waals surface area (Å²) in [5.74, 6) is -0.219. The number of rotatable bonds is 14. The van der Waals surface area contributed by atoms with Crippen LogP contribution in [0.1, 0.15) is 84.5 Å². The van der Waals surface area contributed by atoms with Gasteiger partial charge in [-0.15, -0.1) is 11.3 Å². The van der Waals surface area contributed by atoms with E-state index < -0.39 is 23.2 Å². The number of alkyl carbamates (subject to hydrolysis) is 1. The Kier molecular flexibility index (Phi) is 13.4. The Morgan fingerprint density at radius 3 is 2.57 bits per heavy atom. The highest BCUT2D eigenvalue weighted by Crippen LogP contribution is 2.40. The molecular weight excluding hydrogens is 665 g/mol. The van der Waals surface area contributed by atoms with Gasteiger partial charge in [-0.25, -0.2) is 15.2 Å². The Morgan fingerprint density at radius 2 is 1.98 bits per heavy atom. The second-order valence-corrected chi connectivity index (χ2v) is 15.6. The molecule has 3 heterocycles. The van der Waals surface area contributed by atoms with Crippen molar-refractivity contribution in [1.29, 1.82) is 0 Å². The minimum atomic E-state index is -0.848. The van der Waals surface area contributed by atoms with Crippen LogP contribution < -0.4 is 10.7 Å². The van der Waals surface area contributed by atoms with E-state index in [4.69, 9.17) is 19.5 Å². The fraction of sp³-hybridized carbons (Fsp3) is 0.538. The number of aliphatic hydroxyl groups excluding tert-OH is 1. The number of carbonyl (C=O) groups excluding carboxylic acids is 2. The van der Waals surface area contributed by atoms with Gasteiger partial charge in [0.05, 0.1) is 28.2 Å². The van der Waals surface area contributed by atoms with Crippen LogP contribution in [-0.4, -0.2) is 82.4 Å². The molecule has 51 heavy (non-hydrogen) atoms. The van der Waals surface area contributed by atoms with E-state index >= 15 is 0 Å². The molecule has 11 nitrogen and oxygen atoms in total. The van der Waals surface area contributed by atoms with Crippen molar-refractivity contribution in [3.8, 4) is 11.3 Å². The number of aromatic nitrogens is 2. The fourth-order valence-electron chi connectivity index (χ4n) is 6.33. The maximum absolute atomic E-state index is 13.6. The van der Waals surface area contributed by atoms with Crippen molar-refractivity contribution in [2.45, 2.75) is 105 Å². The van der Waals surface area contributed by atoms with E-state index in [9.17, 15) is 14.7 Å². The summed E-state index contributed by atoms with van der Waals surface area (Å²) in [6.07, 6.45) is 5.42. The predicted molar refractivity (Wildman–Crippen MR) is 207 cm³/mol. The SMILES string of the molecule is C=C/C(=C(\N=CC)[C@H](C)OC)c1c(CC(C)(C)CO)c2cc(-c3csc(C[C@H](NC(=O)OC(C)(C)C)C(=O)N4CCCCN4)n3)ccc2n1CC. The average Bonchev–Trinajstić information content (AvgIpc) is 3.68. The van der Waals surface area contributed by atoms with E-state index in [0.717, 1.165) is 62.5 Å². The third-order valence-electron chi connectivity index (χ3n) is 8.90. The zero-order valence-electron chi connectivity index (χ0n) is 31.8. The van der Waals surface area contributed by atoms with E-state index in [2.05, 4.69) is 60.9 Å². The molecule has 2 aromatic heterocycles. The van der Waals surface area contributed by atoms with E-state index in [0.29, 0.717) is 26.1 Å². The molecule has 2 amide bonds. The fourth-order valence-corrected chi connectivity index (χ4v) is 7.18. The van der Waals surface area contributed by atoms with Crippen LogP contribution >= 0.6 is 11.3 Å². The van der Waals surface area contributed by atoms with Gasteiger partial charge in [0.2, 0.25) is 0 Å². The number of allylic oxidation sites excluding steroid dienone is 2. The van der Waals surface area contributed by atoms with Gasteiger partial charge < -0.3 is 24.5 Å². The Morgan fingerprint density at radius 1 is 1.24 bits per heavy atom. The molecule has 0 aliphatic carbocycles. The van der Waals surface area contributed by atoms with Crippen molar-refractivity contribution in [1.82, 2.24) is 25.3 Å². The topological polar surface area (TPSA) is 130 Å². The van der Waals surface area contributed by atoms with Gasteiger partial charge in [-0.2, -0.15) is 0 Å². The molecule has 3 N–H and O–H groups in total. The highest BCUT2D eigenvalue weighted by Gasteiger charge is 2.31. The standard InChI is InChI=1S/C39H56N6O5S/c1-11-27(34(40-12-2)25(4)49-10)35-29(22-39(8,9)24-46)28-20-26(16-17-32(28)44(35)13-3)31-23-51-33(42-31)21-30(43-37(48)50-38(5,6)7)36(47)45-19-15-14-18-41-45/h11-12,16-17,20,23,25,30,41,46H,1,13-15,18-19,21-22,24H2,2-10H3,(H,43,48)/b34-27+,40-12?/t25-,30-/m0/s1. The van der Waals surface area contributed by atoms with Crippen LogP contribution in [0.4, 0.5) is 4.79 Å². The molecule has 4 rings (SSSR count). The van der Waals surface area contributed by atoms with Gasteiger partial charge in [-0.3, -0.25) is 14.8 Å². The van der Waals surface area contributed by atoms with Crippen LogP contribution in [0.15, 0.2) is 46.9 Å². The monoisotopic (exact) mass is 720 g/mol. The summed E-state index contributed by atoms with van der Waals surface area (Å²) < 4.78 is 13.5. The summed E-state index contributed by atoms with van der Waals surface area (Å²) in [5, 5.41) is 18.5. The molecule has 2 atom stereocenters. The number of aliphatic imine (C=N–C) groups is 1. The molecule has 3 aromatic rings. The highest BCUT2D eigenvalue weighted by atomic mass is 32.1. The number of nitrogens with zero attached hydrogens (tertiary/aromatic N) is 4. The summed E-state index contributed by atoms with van der Waals surface area (Å²) >= 11 is 1.45. The summed E-state index contributed by atoms with van der Waals surface area (Å²) in [4.78, 5) is 36.2. The zero-order valence-corrected chi connectivity index (χ0v) is 32.6. The van der Waals surface area contributed by atoms with Crippen molar-refractivity contribution in [2.75, 3.05) is 26.8 Å². The molecule has 1 aliphatic heterocycles. The smallest absolute Gasteiger partial charge is 0.408 e. The third kappa shape index (κ3) is 9.73. The van der Waals surface area contributed by atoms with Crippen LogP contribution in [0.25, 0.3) is 27.7 Å². The van der Waals surface area contributed by atoms with Crippen LogP contribution in [0.3, 0.4) is 0 Å². The zero-order chi connectivity index (χ0) is 37.5. The van der Waals surface area contributed by atoms with E-state index in [-0.39, 0.29) is 25.0 Å². The number of thiazole rings is 1. The highest BCUT2D eigenvalue weighted by molar-refractivity contribution is 7.10. The second-order valence-electron chi connectivity index (χ2n) is 14.7. The molecular formula is C39H56N6O5S. The maximum Gasteiger partial charge on any atom is 0.408 e. The first-order valence-electron chi connectivity index (χ1n) is 17.8. The van der Waals surface area contributed by atoms with Gasteiger partial charge in [0.15, 0.2) is 0 Å². The molecule has 0 saturated carbocycles. The van der Waals surface area contributed by atoms with Crippen LogP contribution in [-0.2, 0) is 33.7 Å². The van der Waals surface area contributed by atoms with Crippen LogP contribution in [0.2, 0.25) is 0 Å². The molecule has 0 bridgehead atoms. The first-order valence-corrected chi connectivity index (χ1v) is 18.7. The van der Waals surface area contributed by atoms with Gasteiger partial charge in [-0.1, -0.05) is 32.6 Å². The minimum Gasteiger partial charge on any atom is -0.444 e. The second kappa shape index (κ2) is 17.1. The van der Waals surface area contributed by atoms with Gasteiger partial charge in [-0.05, 0) is 83.9 Å². The van der Waals surface area contributed by atoms with Gasteiger partial charge >= 0.3 is 6.09 Å². The number of nitrogens with one attached hydrogen (secondary N) is 2. The van der Waals surface area contributed by atoms with E-state index in [1.54, 1.807) is 39.1 Å². The Labute approximate surface area is 306 Å². The Balaban J connectivity index is 1.80. The number of amides is 2. The molecule has 0 spiro atoms. The predicted octanol–water partition coefficient (Wildman–Crippen LogP) is 6.93. The number of aryl methyl sites for hydroxylation is 1. The molecule has 0 unspecified atom stereocenters. The molecule has 1 saturated heterocycles.